The summed E-state index contributed by atoms with van der Waals surface area (Å²) in [6.07, 6.45) is 0. The zero-order valence-electron chi connectivity index (χ0n) is 17.6. The summed E-state index contributed by atoms with van der Waals surface area (Å²) in [7, 11) is 0. The maximum Gasteiger partial charge on any atom is 0.276 e. The van der Waals surface area contributed by atoms with Crippen LogP contribution in [0, 0.1) is 6.92 Å². The Morgan fingerprint density at radius 2 is 1.58 bits per heavy atom. The normalized spacial score (nSPS) is 10.4. The lowest BCUT2D eigenvalue weighted by Crippen LogP contribution is -2.38. The second-order valence-corrected chi connectivity index (χ2v) is 6.90. The quantitative estimate of drug-likeness (QED) is 0.606. The van der Waals surface area contributed by atoms with Crippen LogP contribution in [-0.4, -0.2) is 40.7 Å². The molecule has 8 heteroatoms. The van der Waals surface area contributed by atoms with Crippen LogP contribution in [-0.2, 0) is 9.59 Å². The highest BCUT2D eigenvalue weighted by Crippen LogP contribution is 2.25. The number of hydrogen-bond donors (Lipinski definition) is 2. The van der Waals surface area contributed by atoms with Crippen molar-refractivity contribution in [2.24, 2.45) is 0 Å². The maximum absolute atomic E-state index is 13.1. The molecule has 0 aliphatic heterocycles. The fourth-order valence-electron chi connectivity index (χ4n) is 3.05. The smallest absolute Gasteiger partial charge is 0.276 e. The second kappa shape index (κ2) is 9.71. The number of aromatic nitrogens is 1. The molecule has 1 aromatic heterocycles. The van der Waals surface area contributed by atoms with E-state index in [2.05, 4.69) is 15.6 Å². The van der Waals surface area contributed by atoms with Gasteiger partial charge in [-0.15, -0.1) is 0 Å². The van der Waals surface area contributed by atoms with Gasteiger partial charge in [0.2, 0.25) is 11.8 Å². The van der Waals surface area contributed by atoms with Gasteiger partial charge in [-0.05, 0) is 31.2 Å². The lowest BCUT2D eigenvalue weighted by atomic mass is 10.1. The molecular formula is C23H24N4O4. The van der Waals surface area contributed by atoms with Crippen molar-refractivity contribution in [3.8, 4) is 11.3 Å². The zero-order valence-corrected chi connectivity index (χ0v) is 17.6. The minimum Gasteiger partial charge on any atom is -0.440 e. The number of likely N-dealkylation sites (N-methyl/N-ethyl adjacent to an activating group) is 1. The number of hydrogen-bond acceptors (Lipinski definition) is 5. The van der Waals surface area contributed by atoms with E-state index in [-0.39, 0.29) is 30.0 Å². The SMILES string of the molecule is CCN(CC(=O)Nc1ccc(NC(C)=O)cc1)C(=O)c1nc(C)oc1-c1ccccc1. The number of rotatable bonds is 7. The van der Waals surface area contributed by atoms with Gasteiger partial charge in [0.15, 0.2) is 17.3 Å². The molecule has 1 heterocycles. The number of aryl methyl sites for hydroxylation is 1. The van der Waals surface area contributed by atoms with Crippen LogP contribution in [0.2, 0.25) is 0 Å². The first-order chi connectivity index (χ1) is 14.9. The van der Waals surface area contributed by atoms with Gasteiger partial charge in [-0.25, -0.2) is 4.98 Å². The van der Waals surface area contributed by atoms with Crippen LogP contribution in [0.5, 0.6) is 0 Å². The number of nitrogens with zero attached hydrogens (tertiary/aromatic N) is 2. The Morgan fingerprint density at radius 1 is 0.968 bits per heavy atom. The number of anilines is 2. The van der Waals surface area contributed by atoms with Crippen LogP contribution >= 0.6 is 0 Å². The Kier molecular flexibility index (Phi) is 6.81. The molecule has 31 heavy (non-hydrogen) atoms. The van der Waals surface area contributed by atoms with E-state index in [4.69, 9.17) is 4.42 Å². The molecule has 0 fully saturated rings. The van der Waals surface area contributed by atoms with Crippen LogP contribution in [0.4, 0.5) is 11.4 Å². The molecule has 2 N–H and O–H groups in total. The highest BCUT2D eigenvalue weighted by molar-refractivity contribution is 6.01. The maximum atomic E-state index is 13.1. The summed E-state index contributed by atoms with van der Waals surface area (Å²) in [5.74, 6) is -0.136. The number of carbonyl (C=O) groups excluding carboxylic acids is 3. The molecule has 3 amide bonds. The lowest BCUT2D eigenvalue weighted by molar-refractivity contribution is -0.117. The number of benzene rings is 2. The van der Waals surface area contributed by atoms with E-state index in [0.717, 1.165) is 5.56 Å². The van der Waals surface area contributed by atoms with Gasteiger partial charge in [-0.1, -0.05) is 30.3 Å². The van der Waals surface area contributed by atoms with E-state index >= 15 is 0 Å². The highest BCUT2D eigenvalue weighted by atomic mass is 16.4. The van der Waals surface area contributed by atoms with Crippen molar-refractivity contribution in [2.75, 3.05) is 23.7 Å². The molecule has 0 saturated carbocycles. The van der Waals surface area contributed by atoms with E-state index in [9.17, 15) is 14.4 Å². The molecule has 160 valence electrons. The number of carbonyl (C=O) groups is 3. The predicted molar refractivity (Wildman–Crippen MR) is 118 cm³/mol. The Balaban J connectivity index is 1.70. The van der Waals surface area contributed by atoms with Gasteiger partial charge < -0.3 is 20.0 Å². The zero-order chi connectivity index (χ0) is 22.4. The molecule has 0 aliphatic carbocycles. The predicted octanol–water partition coefficient (Wildman–Crippen LogP) is 3.71. The minimum absolute atomic E-state index is 0.136. The van der Waals surface area contributed by atoms with Crippen molar-refractivity contribution in [3.05, 3.63) is 66.2 Å². The summed E-state index contributed by atoms with van der Waals surface area (Å²) < 4.78 is 5.67. The standard InChI is InChI=1S/C23H24N4O4/c1-4-27(14-20(29)26-19-12-10-18(11-13-19)24-15(2)28)23(30)21-22(31-16(3)25-21)17-8-6-5-7-9-17/h5-13H,4,14H2,1-3H3,(H,24,28)(H,26,29). The molecule has 0 aliphatic rings. The molecule has 2 aromatic carbocycles. The monoisotopic (exact) mass is 420 g/mol. The number of nitrogens with one attached hydrogen (secondary N) is 2. The number of oxazole rings is 1. The van der Waals surface area contributed by atoms with Crippen molar-refractivity contribution in [1.82, 2.24) is 9.88 Å². The Labute approximate surface area is 180 Å². The first-order valence-corrected chi connectivity index (χ1v) is 9.87. The van der Waals surface area contributed by atoms with Crippen molar-refractivity contribution in [1.29, 1.82) is 0 Å². The van der Waals surface area contributed by atoms with Crippen molar-refractivity contribution in [2.45, 2.75) is 20.8 Å². The summed E-state index contributed by atoms with van der Waals surface area (Å²) in [5.41, 5.74) is 2.11. The molecule has 3 aromatic rings. The molecular weight excluding hydrogens is 396 g/mol. The van der Waals surface area contributed by atoms with Crippen molar-refractivity contribution >= 4 is 29.1 Å². The molecule has 0 spiro atoms. The van der Waals surface area contributed by atoms with Gasteiger partial charge in [-0.3, -0.25) is 14.4 Å². The summed E-state index contributed by atoms with van der Waals surface area (Å²) in [4.78, 5) is 42.4. The van der Waals surface area contributed by atoms with Crippen molar-refractivity contribution in [3.63, 3.8) is 0 Å². The van der Waals surface area contributed by atoms with E-state index < -0.39 is 0 Å². The van der Waals surface area contributed by atoms with Crippen LogP contribution in [0.15, 0.2) is 59.0 Å². The van der Waals surface area contributed by atoms with Crippen LogP contribution in [0.3, 0.4) is 0 Å². The summed E-state index contributed by atoms with van der Waals surface area (Å²) in [5, 5.41) is 5.42. The summed E-state index contributed by atoms with van der Waals surface area (Å²) in [6.45, 7) is 5.09. The highest BCUT2D eigenvalue weighted by Gasteiger charge is 2.25. The largest absolute Gasteiger partial charge is 0.440 e. The summed E-state index contributed by atoms with van der Waals surface area (Å²) >= 11 is 0. The van der Waals surface area contributed by atoms with E-state index in [1.54, 1.807) is 38.1 Å². The van der Waals surface area contributed by atoms with Gasteiger partial charge in [0.05, 0.1) is 0 Å². The Hall–Kier alpha value is -3.94. The average molecular weight is 420 g/mol. The Morgan fingerprint density at radius 3 is 2.16 bits per heavy atom. The van der Waals surface area contributed by atoms with E-state index in [1.807, 2.05) is 30.3 Å². The third-order valence-electron chi connectivity index (χ3n) is 4.47. The van der Waals surface area contributed by atoms with Crippen LogP contribution in [0.25, 0.3) is 11.3 Å². The first kappa shape index (κ1) is 21.8. The minimum atomic E-state index is -0.380. The Bertz CT molecular complexity index is 1070. The number of amides is 3. The summed E-state index contributed by atoms with van der Waals surface area (Å²) in [6, 6.07) is 16.0. The molecule has 8 nitrogen and oxygen atoms in total. The third kappa shape index (κ3) is 5.57. The van der Waals surface area contributed by atoms with Crippen LogP contribution < -0.4 is 10.6 Å². The van der Waals surface area contributed by atoms with Gasteiger partial charge in [-0.2, -0.15) is 0 Å². The van der Waals surface area contributed by atoms with Gasteiger partial charge in [0.25, 0.3) is 5.91 Å². The fraction of sp³-hybridized carbons (Fsp3) is 0.217. The van der Waals surface area contributed by atoms with E-state index in [0.29, 0.717) is 29.6 Å². The average Bonchev–Trinajstić information content (AvgIpc) is 3.15. The fourth-order valence-corrected chi connectivity index (χ4v) is 3.05. The molecule has 3 rings (SSSR count). The van der Waals surface area contributed by atoms with E-state index in [1.165, 1.54) is 11.8 Å². The van der Waals surface area contributed by atoms with Crippen LogP contribution in [0.1, 0.15) is 30.2 Å². The van der Waals surface area contributed by atoms with Gasteiger partial charge in [0, 0.05) is 37.3 Å². The molecule has 0 atom stereocenters. The lowest BCUT2D eigenvalue weighted by Gasteiger charge is -2.19. The first-order valence-electron chi connectivity index (χ1n) is 9.87. The van der Waals surface area contributed by atoms with Gasteiger partial charge >= 0.3 is 0 Å². The molecule has 0 unspecified atom stereocenters. The van der Waals surface area contributed by atoms with Crippen molar-refractivity contribution < 1.29 is 18.8 Å². The molecule has 0 bridgehead atoms. The third-order valence-corrected chi connectivity index (χ3v) is 4.47. The topological polar surface area (TPSA) is 105 Å². The second-order valence-electron chi connectivity index (χ2n) is 6.90. The van der Waals surface area contributed by atoms with Gasteiger partial charge in [0.1, 0.15) is 6.54 Å². The molecule has 0 saturated heterocycles. The molecule has 0 radical (unpaired) electrons.